The molecular formula is C26H28N6O2. The van der Waals surface area contributed by atoms with E-state index in [9.17, 15) is 4.79 Å². The molecule has 2 aromatic carbocycles. The number of anilines is 1. The molecule has 0 saturated carbocycles. The highest BCUT2D eigenvalue weighted by atomic mass is 16.5. The Morgan fingerprint density at radius 3 is 2.41 bits per heavy atom. The molecule has 0 aliphatic carbocycles. The Hall–Kier alpha value is -4.07. The molecule has 2 aromatic heterocycles. The molecule has 1 fully saturated rings. The van der Waals surface area contributed by atoms with Gasteiger partial charge in [0.2, 0.25) is 0 Å². The van der Waals surface area contributed by atoms with Crippen molar-refractivity contribution >= 4 is 11.6 Å². The van der Waals surface area contributed by atoms with E-state index >= 15 is 0 Å². The van der Waals surface area contributed by atoms with E-state index < -0.39 is 0 Å². The molecule has 1 N–H and O–H groups in total. The Labute approximate surface area is 198 Å². The monoisotopic (exact) mass is 456 g/mol. The zero-order valence-corrected chi connectivity index (χ0v) is 19.7. The van der Waals surface area contributed by atoms with E-state index in [2.05, 4.69) is 34.2 Å². The number of aromatic amines is 1. The summed E-state index contributed by atoms with van der Waals surface area (Å²) in [5.41, 5.74) is 6.34. The van der Waals surface area contributed by atoms with Gasteiger partial charge in [0, 0.05) is 31.7 Å². The third-order valence-corrected chi connectivity index (χ3v) is 6.33. The van der Waals surface area contributed by atoms with E-state index in [4.69, 9.17) is 9.84 Å². The molecule has 0 unspecified atom stereocenters. The van der Waals surface area contributed by atoms with Crippen LogP contribution in [0.15, 0.2) is 60.7 Å². The standard InChI is InChI=1S/C26H28N6O2/c1-18-25(19(2)32(29-18)20-9-5-4-6-10-20)30-13-15-31(16-14-30)26(33)23-17-22(27-28-23)21-11-7-8-12-24(21)34-3/h4-12,17H,13-16H2,1-3H3,(H,27,28). The molecule has 1 aliphatic rings. The van der Waals surface area contributed by atoms with Crippen molar-refractivity contribution in [3.63, 3.8) is 0 Å². The summed E-state index contributed by atoms with van der Waals surface area (Å²) in [5, 5.41) is 12.0. The lowest BCUT2D eigenvalue weighted by Gasteiger charge is -2.36. The number of aromatic nitrogens is 4. The molecule has 3 heterocycles. The first-order chi connectivity index (χ1) is 16.6. The maximum atomic E-state index is 13.2. The molecule has 0 bridgehead atoms. The third-order valence-electron chi connectivity index (χ3n) is 6.33. The Morgan fingerprint density at radius 2 is 1.68 bits per heavy atom. The molecule has 0 atom stereocenters. The van der Waals surface area contributed by atoms with E-state index in [0.29, 0.717) is 24.5 Å². The summed E-state index contributed by atoms with van der Waals surface area (Å²) >= 11 is 0. The average Bonchev–Trinajstić information content (AvgIpc) is 3.49. The van der Waals surface area contributed by atoms with Crippen molar-refractivity contribution in [1.29, 1.82) is 0 Å². The number of nitrogens with one attached hydrogen (secondary N) is 1. The van der Waals surface area contributed by atoms with E-state index in [1.54, 1.807) is 13.2 Å². The zero-order valence-electron chi connectivity index (χ0n) is 19.7. The molecule has 174 valence electrons. The maximum Gasteiger partial charge on any atom is 0.272 e. The van der Waals surface area contributed by atoms with Gasteiger partial charge in [-0.3, -0.25) is 9.89 Å². The number of methoxy groups -OCH3 is 1. The number of para-hydroxylation sites is 2. The quantitative estimate of drug-likeness (QED) is 0.494. The molecule has 8 heteroatoms. The highest BCUT2D eigenvalue weighted by molar-refractivity contribution is 5.93. The third kappa shape index (κ3) is 3.91. The van der Waals surface area contributed by atoms with Crippen LogP contribution in [0, 0.1) is 13.8 Å². The van der Waals surface area contributed by atoms with Crippen molar-refractivity contribution in [3.05, 3.63) is 77.7 Å². The molecule has 1 amide bonds. The number of rotatable bonds is 5. The van der Waals surface area contributed by atoms with Crippen molar-refractivity contribution in [1.82, 2.24) is 24.9 Å². The van der Waals surface area contributed by atoms with Crippen LogP contribution in [0.4, 0.5) is 5.69 Å². The Morgan fingerprint density at radius 1 is 0.971 bits per heavy atom. The number of ether oxygens (including phenoxy) is 1. The van der Waals surface area contributed by atoms with Crippen molar-refractivity contribution in [2.75, 3.05) is 38.2 Å². The van der Waals surface area contributed by atoms with Crippen molar-refractivity contribution < 1.29 is 9.53 Å². The van der Waals surface area contributed by atoms with Gasteiger partial charge < -0.3 is 14.5 Å². The van der Waals surface area contributed by atoms with Crippen LogP contribution < -0.4 is 9.64 Å². The Balaban J connectivity index is 1.29. The van der Waals surface area contributed by atoms with Crippen LogP contribution in [0.1, 0.15) is 21.9 Å². The summed E-state index contributed by atoms with van der Waals surface area (Å²) in [4.78, 5) is 17.4. The van der Waals surface area contributed by atoms with E-state index in [-0.39, 0.29) is 5.91 Å². The van der Waals surface area contributed by atoms with E-state index in [0.717, 1.165) is 47.2 Å². The van der Waals surface area contributed by atoms with E-state index in [1.807, 2.05) is 59.0 Å². The normalized spacial score (nSPS) is 13.9. The molecule has 1 aliphatic heterocycles. The lowest BCUT2D eigenvalue weighted by atomic mass is 10.1. The van der Waals surface area contributed by atoms with Gasteiger partial charge >= 0.3 is 0 Å². The Kier molecular flexibility index (Phi) is 5.79. The number of benzene rings is 2. The molecule has 4 aromatic rings. The van der Waals surface area contributed by atoms with Gasteiger partial charge in [0.25, 0.3) is 5.91 Å². The second-order valence-corrected chi connectivity index (χ2v) is 8.41. The van der Waals surface area contributed by atoms with E-state index in [1.165, 1.54) is 0 Å². The number of nitrogens with zero attached hydrogens (tertiary/aromatic N) is 5. The summed E-state index contributed by atoms with van der Waals surface area (Å²) in [6.07, 6.45) is 0. The first-order valence-electron chi connectivity index (χ1n) is 11.4. The van der Waals surface area contributed by atoms with Crippen LogP contribution in [-0.2, 0) is 0 Å². The van der Waals surface area contributed by atoms with Crippen molar-refractivity contribution in [3.8, 4) is 22.7 Å². The van der Waals surface area contributed by atoms with Crippen LogP contribution in [0.3, 0.4) is 0 Å². The summed E-state index contributed by atoms with van der Waals surface area (Å²) in [6, 6.07) is 19.6. The van der Waals surface area contributed by atoms with Crippen LogP contribution in [0.5, 0.6) is 5.75 Å². The van der Waals surface area contributed by atoms with Gasteiger partial charge in [0.15, 0.2) is 0 Å². The number of hydrogen-bond donors (Lipinski definition) is 1. The van der Waals surface area contributed by atoms with Gasteiger partial charge in [-0.1, -0.05) is 30.3 Å². The predicted molar refractivity (Wildman–Crippen MR) is 132 cm³/mol. The number of aryl methyl sites for hydroxylation is 1. The van der Waals surface area contributed by atoms with Crippen LogP contribution >= 0.6 is 0 Å². The lowest BCUT2D eigenvalue weighted by Crippen LogP contribution is -2.49. The molecule has 34 heavy (non-hydrogen) atoms. The van der Waals surface area contributed by atoms with Crippen molar-refractivity contribution in [2.45, 2.75) is 13.8 Å². The zero-order chi connectivity index (χ0) is 23.7. The first-order valence-corrected chi connectivity index (χ1v) is 11.4. The number of amides is 1. The summed E-state index contributed by atoms with van der Waals surface area (Å²) in [6.45, 7) is 6.92. The van der Waals surface area contributed by atoms with Gasteiger partial charge in [-0.05, 0) is 44.2 Å². The van der Waals surface area contributed by atoms with Gasteiger partial charge in [0.05, 0.1) is 35.6 Å². The molecule has 8 nitrogen and oxygen atoms in total. The van der Waals surface area contributed by atoms with Crippen LogP contribution in [0.2, 0.25) is 0 Å². The summed E-state index contributed by atoms with van der Waals surface area (Å²) in [5.74, 6) is 0.685. The van der Waals surface area contributed by atoms with Crippen molar-refractivity contribution in [2.24, 2.45) is 0 Å². The fourth-order valence-corrected chi connectivity index (χ4v) is 4.64. The highest BCUT2D eigenvalue weighted by Gasteiger charge is 2.27. The van der Waals surface area contributed by atoms with Gasteiger partial charge in [0.1, 0.15) is 11.4 Å². The topological polar surface area (TPSA) is 79.3 Å². The summed E-state index contributed by atoms with van der Waals surface area (Å²) < 4.78 is 7.42. The number of carbonyl (C=O) groups excluding carboxylic acids is 1. The Bertz CT molecular complexity index is 1300. The molecule has 5 rings (SSSR count). The fraction of sp³-hybridized carbons (Fsp3) is 0.269. The second-order valence-electron chi connectivity index (χ2n) is 8.41. The largest absolute Gasteiger partial charge is 0.496 e. The molecule has 0 spiro atoms. The predicted octanol–water partition coefficient (Wildman–Crippen LogP) is 3.85. The summed E-state index contributed by atoms with van der Waals surface area (Å²) in [7, 11) is 1.63. The first kappa shape index (κ1) is 21.8. The minimum Gasteiger partial charge on any atom is -0.496 e. The number of carbonyl (C=O) groups is 1. The fourth-order valence-electron chi connectivity index (χ4n) is 4.64. The smallest absolute Gasteiger partial charge is 0.272 e. The molecule has 0 radical (unpaired) electrons. The minimum absolute atomic E-state index is 0.0401. The molecule has 1 saturated heterocycles. The van der Waals surface area contributed by atoms with Crippen LogP contribution in [-0.4, -0.2) is 64.1 Å². The second kappa shape index (κ2) is 9.05. The molecular weight excluding hydrogens is 428 g/mol. The average molecular weight is 457 g/mol. The van der Waals surface area contributed by atoms with Gasteiger partial charge in [-0.15, -0.1) is 0 Å². The van der Waals surface area contributed by atoms with Gasteiger partial charge in [-0.2, -0.15) is 10.2 Å². The minimum atomic E-state index is -0.0401. The number of H-pyrrole nitrogens is 1. The lowest BCUT2D eigenvalue weighted by molar-refractivity contribution is 0.0741. The number of hydrogen-bond acceptors (Lipinski definition) is 5. The van der Waals surface area contributed by atoms with Crippen LogP contribution in [0.25, 0.3) is 16.9 Å². The SMILES string of the molecule is COc1ccccc1-c1cc(C(=O)N2CCN(c3c(C)nn(-c4ccccc4)c3C)CC2)[nH]n1. The van der Waals surface area contributed by atoms with Gasteiger partial charge in [-0.25, -0.2) is 4.68 Å². The number of piperazine rings is 1. The highest BCUT2D eigenvalue weighted by Crippen LogP contribution is 2.30. The maximum absolute atomic E-state index is 13.2.